The van der Waals surface area contributed by atoms with E-state index in [0.29, 0.717) is 46.9 Å². The van der Waals surface area contributed by atoms with Crippen LogP contribution in [0.4, 0.5) is 0 Å². The number of fused-ring (bicyclic) bond motifs is 2. The van der Waals surface area contributed by atoms with Gasteiger partial charge in [-0.05, 0) is 74.2 Å². The zero-order valence-electron chi connectivity index (χ0n) is 22.2. The normalized spacial score (nSPS) is 17.3. The lowest BCUT2D eigenvalue weighted by molar-refractivity contribution is 0.589. The van der Waals surface area contributed by atoms with Gasteiger partial charge in [0, 0.05) is 11.1 Å². The van der Waals surface area contributed by atoms with E-state index in [1.54, 1.807) is 0 Å². The van der Waals surface area contributed by atoms with E-state index in [2.05, 4.69) is 9.97 Å². The van der Waals surface area contributed by atoms with Gasteiger partial charge in [0.15, 0.2) is 23.2 Å². The average molecular weight is 557 g/mol. The van der Waals surface area contributed by atoms with Gasteiger partial charge >= 0.3 is 0 Å². The summed E-state index contributed by atoms with van der Waals surface area (Å²) in [6.07, 6.45) is 9.39. The van der Waals surface area contributed by atoms with Crippen LogP contribution in [0.3, 0.4) is 0 Å². The van der Waals surface area contributed by atoms with Gasteiger partial charge in [-0.25, -0.2) is 9.97 Å². The van der Waals surface area contributed by atoms with Gasteiger partial charge in [-0.1, -0.05) is 25.7 Å². The van der Waals surface area contributed by atoms with Crippen LogP contribution in [0, 0.1) is 0 Å². The van der Waals surface area contributed by atoms with Gasteiger partial charge in [0.05, 0.1) is 34.2 Å². The molecule has 0 radical (unpaired) electrons. The molecule has 7 rings (SSSR count). The highest BCUT2D eigenvalue weighted by atomic mass is 35.5. The zero-order valence-corrected chi connectivity index (χ0v) is 23.0. The second-order valence-electron chi connectivity index (χ2n) is 10.7. The summed E-state index contributed by atoms with van der Waals surface area (Å²) in [5.41, 5.74) is 17.9. The Morgan fingerprint density at radius 1 is 0.675 bits per heavy atom. The molecule has 0 bridgehead atoms. The molecule has 0 aliphatic heterocycles. The van der Waals surface area contributed by atoms with Crippen LogP contribution in [-0.4, -0.2) is 43.7 Å². The molecule has 2 aliphatic carbocycles. The predicted octanol–water partition coefficient (Wildman–Crippen LogP) is 6.08. The maximum absolute atomic E-state index is 6.32. The highest BCUT2D eigenvalue weighted by Crippen LogP contribution is 2.29. The highest BCUT2D eigenvalue weighted by molar-refractivity contribution is 6.01. The maximum Gasteiger partial charge on any atom is 0.174 e. The molecule has 2 aromatic carbocycles. The number of hydrogen-bond acceptors (Lipinski definition) is 5. The number of hydrogen-bond donors (Lipinski definition) is 4. The van der Waals surface area contributed by atoms with Crippen LogP contribution in [0.5, 0.6) is 0 Å². The van der Waals surface area contributed by atoms with Gasteiger partial charge in [0.1, 0.15) is 11.7 Å². The minimum atomic E-state index is 0. The number of aliphatic imine (C=N–C) groups is 2. The number of nitrogens with zero attached hydrogens (tertiary/aromatic N) is 4. The molecular weight excluding hydrogens is 524 g/mol. The number of halogens is 1. The third kappa shape index (κ3) is 5.09. The van der Waals surface area contributed by atoms with Crippen molar-refractivity contribution in [2.24, 2.45) is 21.5 Å². The van der Waals surface area contributed by atoms with Crippen molar-refractivity contribution in [3.05, 3.63) is 59.7 Å². The smallest absolute Gasteiger partial charge is 0.174 e. The highest BCUT2D eigenvalue weighted by Gasteiger charge is 2.18. The minimum absolute atomic E-state index is 0. The number of furan rings is 1. The molecule has 2 saturated carbocycles. The molecule has 0 spiro atoms. The molecule has 0 atom stereocenters. The lowest BCUT2D eigenvalue weighted by Crippen LogP contribution is -2.16. The van der Waals surface area contributed by atoms with Crippen LogP contribution in [0.15, 0.2) is 62.9 Å². The average Bonchev–Trinajstić information content (AvgIpc) is 3.77. The second-order valence-corrected chi connectivity index (χ2v) is 10.7. The fourth-order valence-electron chi connectivity index (χ4n) is 5.77. The summed E-state index contributed by atoms with van der Waals surface area (Å²) in [6.45, 7) is 0. The van der Waals surface area contributed by atoms with Crippen molar-refractivity contribution in [2.75, 3.05) is 0 Å². The first-order valence-corrected chi connectivity index (χ1v) is 13.9. The Morgan fingerprint density at radius 3 is 1.52 bits per heavy atom. The van der Waals surface area contributed by atoms with Crippen molar-refractivity contribution < 1.29 is 4.42 Å². The molecular formula is C30H33ClN8O. The minimum Gasteiger partial charge on any atom is -0.450 e. The Balaban J connectivity index is 0.00000289. The molecule has 3 heterocycles. The summed E-state index contributed by atoms with van der Waals surface area (Å²) in [5.74, 6) is 3.72. The Kier molecular flexibility index (Phi) is 7.06. The lowest BCUT2D eigenvalue weighted by atomic mass is 10.1. The van der Waals surface area contributed by atoms with E-state index in [0.717, 1.165) is 58.9 Å². The molecule has 0 unspecified atom stereocenters. The molecule has 3 aromatic heterocycles. The van der Waals surface area contributed by atoms with E-state index in [4.69, 9.17) is 35.8 Å². The Bertz CT molecular complexity index is 1590. The number of benzene rings is 2. The summed E-state index contributed by atoms with van der Waals surface area (Å²) < 4.78 is 6.16. The van der Waals surface area contributed by atoms with Crippen LogP contribution in [0.2, 0.25) is 0 Å². The number of amidine groups is 2. The quantitative estimate of drug-likeness (QED) is 0.148. The first-order chi connectivity index (χ1) is 19.1. The fourth-order valence-corrected chi connectivity index (χ4v) is 5.77. The molecule has 206 valence electrons. The zero-order chi connectivity index (χ0) is 26.3. The second kappa shape index (κ2) is 10.8. The van der Waals surface area contributed by atoms with Gasteiger partial charge in [0.2, 0.25) is 0 Å². The predicted molar refractivity (Wildman–Crippen MR) is 162 cm³/mol. The standard InChI is InChI=1S/C30H32N8O.ClH/c31-27(33-19-5-1-2-6-19)17-9-11-21-23(15-17)37-29(35-21)25-13-14-26(39-25)30-36-22-12-10-18(16-24(22)38-30)28(32)34-20-7-3-4-8-20;/h9-16,19-20H,1-8H2,(H2,31,33)(H2,32,34)(H,35,37)(H,36,38);1H. The van der Waals surface area contributed by atoms with Crippen LogP contribution in [0.25, 0.3) is 45.2 Å². The molecule has 2 fully saturated rings. The van der Waals surface area contributed by atoms with E-state index in [-0.39, 0.29) is 12.4 Å². The van der Waals surface area contributed by atoms with Crippen LogP contribution in [-0.2, 0) is 0 Å². The maximum atomic E-state index is 6.32. The van der Waals surface area contributed by atoms with E-state index >= 15 is 0 Å². The summed E-state index contributed by atoms with van der Waals surface area (Å²) in [5, 5.41) is 0. The Labute approximate surface area is 238 Å². The Hall–Kier alpha value is -4.11. The number of aromatic nitrogens is 4. The topological polar surface area (TPSA) is 147 Å². The molecule has 0 saturated heterocycles. The van der Waals surface area contributed by atoms with Gasteiger partial charge in [0.25, 0.3) is 0 Å². The molecule has 40 heavy (non-hydrogen) atoms. The van der Waals surface area contributed by atoms with Gasteiger partial charge in [-0.3, -0.25) is 9.98 Å². The summed E-state index contributed by atoms with van der Waals surface area (Å²) in [7, 11) is 0. The van der Waals surface area contributed by atoms with Crippen molar-refractivity contribution in [1.82, 2.24) is 19.9 Å². The lowest BCUT2D eigenvalue weighted by Gasteiger charge is -2.05. The number of H-pyrrole nitrogens is 2. The van der Waals surface area contributed by atoms with Crippen molar-refractivity contribution in [2.45, 2.75) is 63.5 Å². The van der Waals surface area contributed by atoms with E-state index in [9.17, 15) is 0 Å². The SMILES string of the molecule is Cl.NC(=NC1CCCC1)c1ccc2nc(-c3ccc(-c4nc5ccc(C(N)=NC6CCCC6)cc5[nH]4)o3)[nH]c2c1. The number of nitrogens with one attached hydrogen (secondary N) is 2. The summed E-state index contributed by atoms with van der Waals surface area (Å²) >= 11 is 0. The summed E-state index contributed by atoms with van der Waals surface area (Å²) in [4.78, 5) is 25.6. The third-order valence-corrected chi connectivity index (χ3v) is 7.92. The first-order valence-electron chi connectivity index (χ1n) is 13.9. The van der Waals surface area contributed by atoms with Crippen LogP contribution >= 0.6 is 12.4 Å². The van der Waals surface area contributed by atoms with Crippen molar-refractivity contribution >= 4 is 46.1 Å². The number of nitrogens with two attached hydrogens (primary N) is 2. The monoisotopic (exact) mass is 556 g/mol. The molecule has 2 aliphatic rings. The van der Waals surface area contributed by atoms with Gasteiger partial charge in [-0.2, -0.15) is 0 Å². The van der Waals surface area contributed by atoms with Crippen molar-refractivity contribution in [3.8, 4) is 23.2 Å². The van der Waals surface area contributed by atoms with Gasteiger partial charge in [-0.15, -0.1) is 12.4 Å². The number of rotatable bonds is 6. The van der Waals surface area contributed by atoms with E-state index in [1.807, 2.05) is 48.5 Å². The molecule has 6 N–H and O–H groups in total. The molecule has 5 aromatic rings. The van der Waals surface area contributed by atoms with Crippen molar-refractivity contribution in [3.63, 3.8) is 0 Å². The largest absolute Gasteiger partial charge is 0.450 e. The van der Waals surface area contributed by atoms with Crippen LogP contribution in [0.1, 0.15) is 62.5 Å². The van der Waals surface area contributed by atoms with Crippen molar-refractivity contribution in [1.29, 1.82) is 0 Å². The van der Waals surface area contributed by atoms with E-state index in [1.165, 1.54) is 25.7 Å². The number of imidazole rings is 2. The summed E-state index contributed by atoms with van der Waals surface area (Å²) in [6, 6.07) is 16.4. The fraction of sp³-hybridized carbons (Fsp3) is 0.333. The Morgan fingerprint density at radius 2 is 1.10 bits per heavy atom. The molecule has 10 heteroatoms. The molecule has 9 nitrogen and oxygen atoms in total. The van der Waals surface area contributed by atoms with Crippen LogP contribution < -0.4 is 11.5 Å². The van der Waals surface area contributed by atoms with Gasteiger partial charge < -0.3 is 25.9 Å². The number of aromatic amines is 2. The third-order valence-electron chi connectivity index (χ3n) is 7.92. The van der Waals surface area contributed by atoms with E-state index < -0.39 is 0 Å². The molecule has 0 amide bonds. The first kappa shape index (κ1) is 26.1.